The lowest BCUT2D eigenvalue weighted by Gasteiger charge is -2.32. The third kappa shape index (κ3) is 2.18. The van der Waals surface area contributed by atoms with Crippen LogP contribution >= 0.6 is 0 Å². The van der Waals surface area contributed by atoms with Crippen LogP contribution in [0.1, 0.15) is 22.3 Å². The lowest BCUT2D eigenvalue weighted by atomic mass is 10.0. The number of hydrogen-bond donors (Lipinski definition) is 0. The summed E-state index contributed by atoms with van der Waals surface area (Å²) in [7, 11) is 0. The molecule has 0 N–H and O–H groups in total. The van der Waals surface area contributed by atoms with E-state index in [0.717, 1.165) is 28.0 Å². The first-order chi connectivity index (χ1) is 11.6. The van der Waals surface area contributed by atoms with Crippen LogP contribution < -0.4 is 15.3 Å². The molecular weight excluding hydrogens is 302 g/mol. The highest BCUT2D eigenvalue weighted by Gasteiger charge is 2.23. The lowest BCUT2D eigenvalue weighted by molar-refractivity contribution is 0.289. The zero-order chi connectivity index (χ0) is 16.8. The number of aryl methyl sites for hydroxylation is 2. The van der Waals surface area contributed by atoms with Gasteiger partial charge in [0.15, 0.2) is 6.73 Å². The number of rotatable bonds is 1. The fourth-order valence-corrected chi connectivity index (χ4v) is 3.29. The Morgan fingerprint density at radius 2 is 1.79 bits per heavy atom. The van der Waals surface area contributed by atoms with Crippen LogP contribution in [-0.2, 0) is 6.54 Å². The number of nitrogens with zero attached hydrogens (tertiary/aromatic N) is 1. The molecule has 2 heterocycles. The average Bonchev–Trinajstić information content (AvgIpc) is 2.60. The highest BCUT2D eigenvalue weighted by molar-refractivity contribution is 5.86. The second-order valence-electron chi connectivity index (χ2n) is 6.32. The zero-order valence-corrected chi connectivity index (χ0v) is 14.1. The summed E-state index contributed by atoms with van der Waals surface area (Å²) in [6.45, 7) is 6.99. The maximum atomic E-state index is 12.1. The molecule has 0 spiro atoms. The summed E-state index contributed by atoms with van der Waals surface area (Å²) >= 11 is 0. The summed E-state index contributed by atoms with van der Waals surface area (Å²) < 4.78 is 11.6. The summed E-state index contributed by atoms with van der Waals surface area (Å²) in [6, 6.07) is 12.2. The van der Waals surface area contributed by atoms with E-state index in [1.165, 1.54) is 5.56 Å². The topological polar surface area (TPSA) is 42.7 Å². The van der Waals surface area contributed by atoms with Gasteiger partial charge in [0.1, 0.15) is 11.3 Å². The SMILES string of the molecule is Cc1ccccc1N1COc2ccc3c(C)c(C)c(=O)oc3c2C1. The first-order valence-electron chi connectivity index (χ1n) is 8.05. The highest BCUT2D eigenvalue weighted by atomic mass is 16.5. The van der Waals surface area contributed by atoms with E-state index >= 15 is 0 Å². The van der Waals surface area contributed by atoms with E-state index in [9.17, 15) is 4.79 Å². The molecule has 3 aromatic rings. The minimum Gasteiger partial charge on any atom is -0.473 e. The van der Waals surface area contributed by atoms with Crippen molar-refractivity contribution in [2.75, 3.05) is 11.6 Å². The van der Waals surface area contributed by atoms with Crippen molar-refractivity contribution in [2.24, 2.45) is 0 Å². The predicted octanol–water partition coefficient (Wildman–Crippen LogP) is 4.07. The van der Waals surface area contributed by atoms with Crippen LogP contribution in [0.3, 0.4) is 0 Å². The molecular formula is C20H19NO3. The molecule has 0 aliphatic carbocycles. The summed E-state index contributed by atoms with van der Waals surface area (Å²) in [5, 5.41) is 0.973. The Morgan fingerprint density at radius 1 is 1.00 bits per heavy atom. The molecule has 0 atom stereocenters. The first-order valence-corrected chi connectivity index (χ1v) is 8.05. The molecule has 0 bridgehead atoms. The molecule has 0 saturated carbocycles. The van der Waals surface area contributed by atoms with E-state index in [4.69, 9.17) is 9.15 Å². The van der Waals surface area contributed by atoms with E-state index in [1.807, 2.05) is 31.2 Å². The molecule has 0 amide bonds. The second kappa shape index (κ2) is 5.41. The maximum Gasteiger partial charge on any atom is 0.339 e. The number of benzene rings is 2. The molecule has 24 heavy (non-hydrogen) atoms. The Kier molecular flexibility index (Phi) is 3.34. The van der Waals surface area contributed by atoms with E-state index in [1.54, 1.807) is 6.92 Å². The van der Waals surface area contributed by atoms with Gasteiger partial charge in [0.25, 0.3) is 0 Å². The van der Waals surface area contributed by atoms with Gasteiger partial charge in [-0.1, -0.05) is 18.2 Å². The van der Waals surface area contributed by atoms with Gasteiger partial charge in [-0.05, 0) is 50.1 Å². The molecule has 0 radical (unpaired) electrons. The Hall–Kier alpha value is -2.75. The van der Waals surface area contributed by atoms with Gasteiger partial charge < -0.3 is 14.1 Å². The number of ether oxygens (including phenoxy) is 1. The van der Waals surface area contributed by atoms with Gasteiger partial charge in [-0.2, -0.15) is 0 Å². The van der Waals surface area contributed by atoms with Gasteiger partial charge in [-0.25, -0.2) is 4.79 Å². The molecule has 1 aliphatic rings. The van der Waals surface area contributed by atoms with Crippen molar-refractivity contribution in [3.8, 4) is 5.75 Å². The van der Waals surface area contributed by atoms with Crippen molar-refractivity contribution < 1.29 is 9.15 Å². The highest BCUT2D eigenvalue weighted by Crippen LogP contribution is 2.35. The van der Waals surface area contributed by atoms with Crippen molar-refractivity contribution in [1.82, 2.24) is 0 Å². The number of para-hydroxylation sites is 1. The lowest BCUT2D eigenvalue weighted by Crippen LogP contribution is -2.32. The monoisotopic (exact) mass is 321 g/mol. The van der Waals surface area contributed by atoms with E-state index in [-0.39, 0.29) is 5.63 Å². The van der Waals surface area contributed by atoms with Crippen molar-refractivity contribution >= 4 is 16.7 Å². The molecule has 1 aromatic heterocycles. The van der Waals surface area contributed by atoms with Gasteiger partial charge in [-0.3, -0.25) is 0 Å². The molecule has 0 saturated heterocycles. The number of fused-ring (bicyclic) bond motifs is 3. The Labute approximate surface area is 140 Å². The van der Waals surface area contributed by atoms with Crippen molar-refractivity contribution in [3.05, 3.63) is 69.1 Å². The minimum atomic E-state index is -0.276. The normalized spacial score (nSPS) is 13.7. The van der Waals surface area contributed by atoms with Crippen LogP contribution in [0.4, 0.5) is 5.69 Å². The summed E-state index contributed by atoms with van der Waals surface area (Å²) in [4.78, 5) is 14.3. The molecule has 122 valence electrons. The molecule has 2 aromatic carbocycles. The average molecular weight is 321 g/mol. The Balaban J connectivity index is 1.88. The van der Waals surface area contributed by atoms with Crippen LogP contribution in [0.25, 0.3) is 11.0 Å². The van der Waals surface area contributed by atoms with Gasteiger partial charge in [0, 0.05) is 16.6 Å². The van der Waals surface area contributed by atoms with Gasteiger partial charge in [-0.15, -0.1) is 0 Å². The number of hydrogen-bond acceptors (Lipinski definition) is 4. The van der Waals surface area contributed by atoms with Gasteiger partial charge in [0.05, 0.1) is 12.1 Å². The van der Waals surface area contributed by atoms with Crippen molar-refractivity contribution in [2.45, 2.75) is 27.3 Å². The Morgan fingerprint density at radius 3 is 2.58 bits per heavy atom. The van der Waals surface area contributed by atoms with Gasteiger partial charge >= 0.3 is 5.63 Å². The molecule has 4 rings (SSSR count). The van der Waals surface area contributed by atoms with Crippen LogP contribution in [0.2, 0.25) is 0 Å². The quantitative estimate of drug-likeness (QED) is 0.634. The third-order valence-electron chi connectivity index (χ3n) is 4.87. The molecule has 0 unspecified atom stereocenters. The zero-order valence-electron chi connectivity index (χ0n) is 14.1. The van der Waals surface area contributed by atoms with Crippen LogP contribution in [-0.4, -0.2) is 6.73 Å². The maximum absolute atomic E-state index is 12.1. The van der Waals surface area contributed by atoms with Crippen molar-refractivity contribution in [3.63, 3.8) is 0 Å². The van der Waals surface area contributed by atoms with Crippen LogP contribution in [0, 0.1) is 20.8 Å². The molecule has 0 fully saturated rings. The summed E-state index contributed by atoms with van der Waals surface area (Å²) in [5.41, 5.74) is 5.25. The molecule has 1 aliphatic heterocycles. The van der Waals surface area contributed by atoms with Crippen molar-refractivity contribution in [1.29, 1.82) is 0 Å². The van der Waals surface area contributed by atoms with Gasteiger partial charge in [0.2, 0.25) is 0 Å². The fraction of sp³-hybridized carbons (Fsp3) is 0.250. The second-order valence-corrected chi connectivity index (χ2v) is 6.32. The third-order valence-corrected chi connectivity index (χ3v) is 4.87. The molecule has 4 heteroatoms. The van der Waals surface area contributed by atoms with E-state index in [2.05, 4.69) is 24.0 Å². The Bertz CT molecular complexity index is 1000. The van der Waals surface area contributed by atoms with Crippen LogP contribution in [0.15, 0.2) is 45.6 Å². The van der Waals surface area contributed by atoms with Crippen LogP contribution in [0.5, 0.6) is 5.75 Å². The predicted molar refractivity (Wildman–Crippen MR) is 94.8 cm³/mol. The summed E-state index contributed by atoms with van der Waals surface area (Å²) in [5.74, 6) is 0.790. The largest absolute Gasteiger partial charge is 0.473 e. The number of anilines is 1. The standard InChI is InChI=1S/C20H19NO3/c1-12-6-4-5-7-17(12)21-10-16-18(23-11-21)9-8-15-13(2)14(3)20(22)24-19(15)16/h4-9H,10-11H2,1-3H3. The molecule has 4 nitrogen and oxygen atoms in total. The fourth-order valence-electron chi connectivity index (χ4n) is 3.29. The first kappa shape index (κ1) is 14.8. The van der Waals surface area contributed by atoms with E-state index in [0.29, 0.717) is 24.4 Å². The summed E-state index contributed by atoms with van der Waals surface area (Å²) in [6.07, 6.45) is 0. The van der Waals surface area contributed by atoms with E-state index < -0.39 is 0 Å². The minimum absolute atomic E-state index is 0.276. The smallest absolute Gasteiger partial charge is 0.339 e.